The Morgan fingerprint density at radius 3 is 2.36 bits per heavy atom. The van der Waals surface area contributed by atoms with E-state index in [2.05, 4.69) is 45.1 Å². The van der Waals surface area contributed by atoms with Crippen LogP contribution in [0.25, 0.3) is 5.57 Å². The van der Waals surface area contributed by atoms with Gasteiger partial charge < -0.3 is 16.0 Å². The second-order valence-electron chi connectivity index (χ2n) is 12.1. The normalized spacial score (nSPS) is 19.5. The van der Waals surface area contributed by atoms with Crippen LogP contribution in [0.2, 0.25) is 0 Å². The Kier molecular flexibility index (Phi) is 8.71. The second-order valence-corrected chi connectivity index (χ2v) is 12.1. The largest absolute Gasteiger partial charge is 0.358 e. The number of rotatable bonds is 8. The average molecular weight is 563 g/mol. The first-order chi connectivity index (χ1) is 20.5. The van der Waals surface area contributed by atoms with Crippen LogP contribution in [0.4, 0.5) is 11.4 Å². The van der Waals surface area contributed by atoms with Crippen molar-refractivity contribution in [1.29, 1.82) is 0 Å². The molecule has 3 aliphatic rings. The van der Waals surface area contributed by atoms with Crippen molar-refractivity contribution < 1.29 is 9.59 Å². The van der Waals surface area contributed by atoms with E-state index in [9.17, 15) is 9.59 Å². The average Bonchev–Trinajstić information content (AvgIpc) is 3.36. The van der Waals surface area contributed by atoms with Crippen LogP contribution in [0.15, 0.2) is 78.5 Å². The molecule has 1 atom stereocenters. The van der Waals surface area contributed by atoms with Gasteiger partial charge in [0.1, 0.15) is 0 Å². The SMILES string of the molecule is C[C@@H](NC(=O)c1ccc2c(c1)/C(=C(/Nc1ccc(CN3CCCCC3)cc1)C1CCCCC1)C(=O)N2)c1ccccc1. The van der Waals surface area contributed by atoms with Crippen LogP contribution in [0.1, 0.15) is 91.4 Å². The van der Waals surface area contributed by atoms with Gasteiger partial charge in [-0.1, -0.05) is 68.1 Å². The lowest BCUT2D eigenvalue weighted by molar-refractivity contribution is -0.110. The van der Waals surface area contributed by atoms with Crippen molar-refractivity contribution >= 4 is 28.8 Å². The molecule has 0 radical (unpaired) electrons. The molecule has 2 heterocycles. The van der Waals surface area contributed by atoms with E-state index < -0.39 is 0 Å². The summed E-state index contributed by atoms with van der Waals surface area (Å²) in [7, 11) is 0. The number of fused-ring (bicyclic) bond motifs is 1. The Balaban J connectivity index is 1.27. The first kappa shape index (κ1) is 28.2. The van der Waals surface area contributed by atoms with Gasteiger partial charge in [0.25, 0.3) is 11.8 Å². The molecule has 3 aromatic rings. The van der Waals surface area contributed by atoms with Gasteiger partial charge in [0.2, 0.25) is 0 Å². The molecule has 0 spiro atoms. The number of likely N-dealkylation sites (tertiary alicyclic amines) is 1. The number of nitrogens with zero attached hydrogens (tertiary/aromatic N) is 1. The van der Waals surface area contributed by atoms with Crippen molar-refractivity contribution in [3.63, 3.8) is 0 Å². The predicted molar refractivity (Wildman–Crippen MR) is 170 cm³/mol. The van der Waals surface area contributed by atoms with Crippen LogP contribution in [-0.2, 0) is 11.3 Å². The molecule has 1 saturated heterocycles. The third-order valence-electron chi connectivity index (χ3n) is 9.04. The summed E-state index contributed by atoms with van der Waals surface area (Å²) >= 11 is 0. The smallest absolute Gasteiger partial charge is 0.258 e. The van der Waals surface area contributed by atoms with E-state index in [0.29, 0.717) is 11.1 Å². The Morgan fingerprint density at radius 1 is 0.905 bits per heavy atom. The van der Waals surface area contributed by atoms with Crippen LogP contribution >= 0.6 is 0 Å². The van der Waals surface area contributed by atoms with Crippen molar-refractivity contribution in [2.24, 2.45) is 5.92 Å². The highest BCUT2D eigenvalue weighted by atomic mass is 16.2. The number of amides is 2. The zero-order valence-corrected chi connectivity index (χ0v) is 24.6. The fourth-order valence-corrected chi connectivity index (χ4v) is 6.67. The minimum atomic E-state index is -0.149. The standard InChI is InChI=1S/C36H42N4O2/c1-25(27-11-5-2-6-12-27)37-35(41)29-17-20-32-31(23-29)33(36(42)39-32)34(28-13-7-3-8-14-28)38-30-18-15-26(16-19-30)24-40-21-9-4-10-22-40/h2,5-6,11-12,15-20,23,25,28,38H,3-4,7-10,13-14,21-22,24H2,1H3,(H,37,41)(H,39,42)/b34-33-/t25-/m1/s1. The third kappa shape index (κ3) is 6.44. The monoisotopic (exact) mass is 562 g/mol. The molecule has 1 saturated carbocycles. The van der Waals surface area contributed by atoms with E-state index in [1.807, 2.05) is 49.4 Å². The Labute approximate surface area is 249 Å². The molecule has 0 aromatic heterocycles. The van der Waals surface area contributed by atoms with Gasteiger partial charge in [-0.15, -0.1) is 0 Å². The number of benzene rings is 3. The van der Waals surface area contributed by atoms with Crippen molar-refractivity contribution in [3.8, 4) is 0 Å². The first-order valence-electron chi connectivity index (χ1n) is 15.7. The zero-order valence-electron chi connectivity index (χ0n) is 24.6. The molecule has 2 fully saturated rings. The van der Waals surface area contributed by atoms with Crippen molar-refractivity contribution in [1.82, 2.24) is 10.2 Å². The zero-order chi connectivity index (χ0) is 28.9. The molecule has 2 amide bonds. The van der Waals surface area contributed by atoms with Crippen LogP contribution < -0.4 is 16.0 Å². The highest BCUT2D eigenvalue weighted by Gasteiger charge is 2.32. The predicted octanol–water partition coefficient (Wildman–Crippen LogP) is 7.52. The van der Waals surface area contributed by atoms with Gasteiger partial charge in [-0.25, -0.2) is 0 Å². The van der Waals surface area contributed by atoms with Gasteiger partial charge in [-0.3, -0.25) is 14.5 Å². The summed E-state index contributed by atoms with van der Waals surface area (Å²) in [6, 6.07) is 24.1. The van der Waals surface area contributed by atoms with E-state index in [-0.39, 0.29) is 23.8 Å². The first-order valence-corrected chi connectivity index (χ1v) is 15.7. The number of allylic oxidation sites excluding steroid dienone is 1. The molecule has 1 aliphatic carbocycles. The summed E-state index contributed by atoms with van der Waals surface area (Å²) in [5, 5.41) is 9.88. The van der Waals surface area contributed by atoms with E-state index >= 15 is 0 Å². The van der Waals surface area contributed by atoms with Crippen molar-refractivity contribution in [3.05, 3.63) is 101 Å². The fourth-order valence-electron chi connectivity index (χ4n) is 6.67. The lowest BCUT2D eigenvalue weighted by Crippen LogP contribution is -2.29. The van der Waals surface area contributed by atoms with Gasteiger partial charge >= 0.3 is 0 Å². The Hall–Kier alpha value is -3.90. The summed E-state index contributed by atoms with van der Waals surface area (Å²) in [6.07, 6.45) is 9.57. The Morgan fingerprint density at radius 2 is 1.62 bits per heavy atom. The van der Waals surface area contributed by atoms with Gasteiger partial charge in [-0.05, 0) is 93.1 Å². The van der Waals surface area contributed by atoms with Crippen LogP contribution in [-0.4, -0.2) is 29.8 Å². The second kappa shape index (κ2) is 13.0. The van der Waals surface area contributed by atoms with Gasteiger partial charge in [0, 0.05) is 34.7 Å². The lowest BCUT2D eigenvalue weighted by atomic mass is 9.83. The number of hydrogen-bond donors (Lipinski definition) is 3. The van der Waals surface area contributed by atoms with Crippen LogP contribution in [0, 0.1) is 5.92 Å². The van der Waals surface area contributed by atoms with Gasteiger partial charge in [0.05, 0.1) is 11.6 Å². The van der Waals surface area contributed by atoms with Crippen LogP contribution in [0.3, 0.4) is 0 Å². The molecule has 0 unspecified atom stereocenters. The summed E-state index contributed by atoms with van der Waals surface area (Å²) in [5.74, 6) is 0.0217. The van der Waals surface area contributed by atoms with Gasteiger partial charge in [0.15, 0.2) is 0 Å². The molecule has 218 valence electrons. The number of carbonyl (C=O) groups excluding carboxylic acids is 2. The van der Waals surface area contributed by atoms with Crippen LogP contribution in [0.5, 0.6) is 0 Å². The maximum absolute atomic E-state index is 13.5. The fraction of sp³-hybridized carbons (Fsp3) is 0.389. The summed E-state index contributed by atoms with van der Waals surface area (Å²) in [5.41, 5.74) is 7.12. The van der Waals surface area contributed by atoms with E-state index in [1.54, 1.807) is 6.07 Å². The number of anilines is 2. The van der Waals surface area contributed by atoms with E-state index in [0.717, 1.165) is 60.4 Å². The maximum Gasteiger partial charge on any atom is 0.258 e. The van der Waals surface area contributed by atoms with E-state index in [1.165, 1.54) is 44.3 Å². The highest BCUT2D eigenvalue weighted by molar-refractivity contribution is 6.32. The third-order valence-corrected chi connectivity index (χ3v) is 9.04. The van der Waals surface area contributed by atoms with E-state index in [4.69, 9.17) is 0 Å². The maximum atomic E-state index is 13.5. The quantitative estimate of drug-likeness (QED) is 0.248. The lowest BCUT2D eigenvalue weighted by Gasteiger charge is -2.28. The molecule has 2 aliphatic heterocycles. The summed E-state index contributed by atoms with van der Waals surface area (Å²) < 4.78 is 0. The molecule has 6 rings (SSSR count). The Bertz CT molecular complexity index is 1430. The molecular formula is C36H42N4O2. The number of piperidine rings is 1. The number of hydrogen-bond acceptors (Lipinski definition) is 4. The summed E-state index contributed by atoms with van der Waals surface area (Å²) in [4.78, 5) is 29.3. The molecular weight excluding hydrogens is 520 g/mol. The molecule has 0 bridgehead atoms. The highest BCUT2D eigenvalue weighted by Crippen LogP contribution is 2.40. The number of carbonyl (C=O) groups is 2. The topological polar surface area (TPSA) is 73.5 Å². The number of nitrogens with one attached hydrogen (secondary N) is 3. The minimum Gasteiger partial charge on any atom is -0.358 e. The van der Waals surface area contributed by atoms with Gasteiger partial charge in [-0.2, -0.15) is 0 Å². The van der Waals surface area contributed by atoms with Crippen molar-refractivity contribution in [2.75, 3.05) is 23.7 Å². The van der Waals surface area contributed by atoms with Crippen molar-refractivity contribution in [2.45, 2.75) is 70.9 Å². The molecule has 6 nitrogen and oxygen atoms in total. The molecule has 6 heteroatoms. The molecule has 42 heavy (non-hydrogen) atoms. The summed E-state index contributed by atoms with van der Waals surface area (Å²) in [6.45, 7) is 5.33. The molecule has 3 N–H and O–H groups in total. The minimum absolute atomic E-state index is 0.102. The molecule has 3 aromatic carbocycles.